The van der Waals surface area contributed by atoms with Gasteiger partial charge in [-0.15, -0.1) is 0 Å². The molecule has 0 spiro atoms. The lowest BCUT2D eigenvalue weighted by Crippen LogP contribution is -2.38. The first-order valence-corrected chi connectivity index (χ1v) is 9.40. The van der Waals surface area contributed by atoms with E-state index in [1.807, 2.05) is 42.5 Å². The quantitative estimate of drug-likeness (QED) is 0.708. The lowest BCUT2D eigenvalue weighted by molar-refractivity contribution is -0.126. The van der Waals surface area contributed by atoms with Gasteiger partial charge in [-0.05, 0) is 41.1 Å². The fourth-order valence-electron chi connectivity index (χ4n) is 3.50. The largest absolute Gasteiger partial charge is 0.492 e. The molecule has 0 unspecified atom stereocenters. The molecule has 142 valence electrons. The Hall–Kier alpha value is -3.05. The molecule has 2 amide bonds. The summed E-state index contributed by atoms with van der Waals surface area (Å²) in [5.41, 5.74) is 1.45. The van der Waals surface area contributed by atoms with Crippen LogP contribution in [0.2, 0.25) is 5.02 Å². The number of hydrogen-bond acceptors (Lipinski definition) is 3. The molecule has 4 rings (SSSR count). The molecule has 6 heteroatoms. The van der Waals surface area contributed by atoms with E-state index < -0.39 is 6.04 Å². The van der Waals surface area contributed by atoms with Crippen LogP contribution in [0, 0.1) is 0 Å². The average Bonchev–Trinajstić information content (AvgIpc) is 2.92. The van der Waals surface area contributed by atoms with Crippen molar-refractivity contribution >= 4 is 39.9 Å². The van der Waals surface area contributed by atoms with Crippen molar-refractivity contribution in [2.24, 2.45) is 0 Å². The monoisotopic (exact) mass is 394 g/mol. The van der Waals surface area contributed by atoms with E-state index in [9.17, 15) is 9.59 Å². The Morgan fingerprint density at radius 3 is 2.68 bits per heavy atom. The third-order valence-corrected chi connectivity index (χ3v) is 4.99. The molecule has 1 heterocycles. The average molecular weight is 395 g/mol. The number of ether oxygens (including phenoxy) is 1. The molecule has 0 saturated heterocycles. The van der Waals surface area contributed by atoms with Crippen LogP contribution < -0.4 is 15.0 Å². The molecule has 0 aliphatic carbocycles. The zero-order valence-corrected chi connectivity index (χ0v) is 16.1. The summed E-state index contributed by atoms with van der Waals surface area (Å²) in [5.74, 6) is 0.299. The van der Waals surface area contributed by atoms with Crippen LogP contribution in [-0.4, -0.2) is 25.0 Å². The number of benzene rings is 3. The first-order chi connectivity index (χ1) is 13.5. The number of amides is 2. The Morgan fingerprint density at radius 1 is 1.11 bits per heavy atom. The van der Waals surface area contributed by atoms with Gasteiger partial charge in [0.05, 0.1) is 6.54 Å². The molecule has 3 aromatic rings. The van der Waals surface area contributed by atoms with E-state index in [1.165, 1.54) is 6.92 Å². The molecular weight excluding hydrogens is 376 g/mol. The van der Waals surface area contributed by atoms with Gasteiger partial charge in [0.15, 0.2) is 0 Å². The molecule has 1 N–H and O–H groups in total. The van der Waals surface area contributed by atoms with Crippen molar-refractivity contribution < 1.29 is 14.3 Å². The number of fused-ring (bicyclic) bond motifs is 2. The number of carbonyl (C=O) groups excluding carboxylic acids is 2. The molecule has 0 bridgehead atoms. The van der Waals surface area contributed by atoms with Crippen LogP contribution in [0.15, 0.2) is 60.7 Å². The standard InChI is InChI=1S/C22H19ClN2O3/c1-14(26)24-21-19-13-17(23)7-9-20(19)25(22(21)27)10-11-28-18-8-6-15-4-2-3-5-16(15)12-18/h2-9,12-13,21H,10-11H2,1H3,(H,24,26)/t21-/m1/s1. The number of carbonyl (C=O) groups is 2. The molecule has 1 aliphatic heterocycles. The van der Waals surface area contributed by atoms with Crippen molar-refractivity contribution in [2.45, 2.75) is 13.0 Å². The van der Waals surface area contributed by atoms with Crippen LogP contribution in [0.3, 0.4) is 0 Å². The maximum atomic E-state index is 12.8. The smallest absolute Gasteiger partial charge is 0.254 e. The predicted octanol–water partition coefficient (Wildman–Crippen LogP) is 4.10. The minimum absolute atomic E-state index is 0.186. The third kappa shape index (κ3) is 3.53. The molecule has 3 aromatic carbocycles. The molecule has 1 aliphatic rings. The summed E-state index contributed by atoms with van der Waals surface area (Å²) in [6.45, 7) is 2.10. The number of nitrogens with one attached hydrogen (secondary N) is 1. The lowest BCUT2D eigenvalue weighted by atomic mass is 10.1. The topological polar surface area (TPSA) is 58.6 Å². The van der Waals surface area contributed by atoms with Crippen molar-refractivity contribution in [1.82, 2.24) is 5.32 Å². The second kappa shape index (κ2) is 7.52. The van der Waals surface area contributed by atoms with E-state index in [2.05, 4.69) is 5.32 Å². The minimum Gasteiger partial charge on any atom is -0.492 e. The van der Waals surface area contributed by atoms with E-state index in [0.29, 0.717) is 23.7 Å². The Labute approximate surface area is 167 Å². The number of hydrogen-bond donors (Lipinski definition) is 1. The van der Waals surface area contributed by atoms with Crippen LogP contribution in [-0.2, 0) is 9.59 Å². The fourth-order valence-corrected chi connectivity index (χ4v) is 3.68. The van der Waals surface area contributed by atoms with E-state index in [-0.39, 0.29) is 11.8 Å². The van der Waals surface area contributed by atoms with Crippen LogP contribution in [0.5, 0.6) is 5.75 Å². The Kier molecular flexibility index (Phi) is 4.92. The van der Waals surface area contributed by atoms with E-state index in [0.717, 1.165) is 22.2 Å². The van der Waals surface area contributed by atoms with Gasteiger partial charge >= 0.3 is 0 Å². The van der Waals surface area contributed by atoms with Crippen molar-refractivity contribution in [3.63, 3.8) is 0 Å². The Morgan fingerprint density at radius 2 is 1.89 bits per heavy atom. The molecule has 1 atom stereocenters. The summed E-state index contributed by atoms with van der Waals surface area (Å²) >= 11 is 6.09. The predicted molar refractivity (Wildman–Crippen MR) is 110 cm³/mol. The maximum absolute atomic E-state index is 12.8. The zero-order chi connectivity index (χ0) is 19.7. The van der Waals surface area contributed by atoms with Gasteiger partial charge in [-0.3, -0.25) is 9.59 Å². The highest BCUT2D eigenvalue weighted by molar-refractivity contribution is 6.31. The number of anilines is 1. The van der Waals surface area contributed by atoms with Gasteiger partial charge in [0.2, 0.25) is 5.91 Å². The van der Waals surface area contributed by atoms with Gasteiger partial charge in [0, 0.05) is 23.2 Å². The first-order valence-electron chi connectivity index (χ1n) is 9.02. The molecule has 0 fully saturated rings. The Balaban J connectivity index is 1.49. The van der Waals surface area contributed by atoms with Crippen LogP contribution in [0.1, 0.15) is 18.5 Å². The van der Waals surface area contributed by atoms with Crippen molar-refractivity contribution in [3.05, 3.63) is 71.2 Å². The van der Waals surface area contributed by atoms with Gasteiger partial charge in [0.1, 0.15) is 18.4 Å². The fraction of sp³-hybridized carbons (Fsp3) is 0.182. The summed E-state index contributed by atoms with van der Waals surface area (Å²) in [5, 5.41) is 5.47. The van der Waals surface area contributed by atoms with Crippen LogP contribution in [0.4, 0.5) is 5.69 Å². The maximum Gasteiger partial charge on any atom is 0.254 e. The molecule has 5 nitrogen and oxygen atoms in total. The van der Waals surface area contributed by atoms with Gasteiger partial charge in [-0.2, -0.15) is 0 Å². The number of halogens is 1. The molecule has 0 aromatic heterocycles. The normalized spacial score (nSPS) is 15.6. The summed E-state index contributed by atoms with van der Waals surface area (Å²) in [6, 6.07) is 18.5. The summed E-state index contributed by atoms with van der Waals surface area (Å²) in [7, 11) is 0. The van der Waals surface area contributed by atoms with E-state index >= 15 is 0 Å². The molecule has 28 heavy (non-hydrogen) atoms. The van der Waals surface area contributed by atoms with Gasteiger partial charge in [-0.1, -0.05) is 41.9 Å². The van der Waals surface area contributed by atoms with Crippen molar-refractivity contribution in [1.29, 1.82) is 0 Å². The summed E-state index contributed by atoms with van der Waals surface area (Å²) < 4.78 is 5.87. The lowest BCUT2D eigenvalue weighted by Gasteiger charge is -2.18. The number of nitrogens with zero attached hydrogens (tertiary/aromatic N) is 1. The summed E-state index contributed by atoms with van der Waals surface area (Å²) in [4.78, 5) is 26.0. The van der Waals surface area contributed by atoms with Crippen molar-refractivity contribution in [3.8, 4) is 5.75 Å². The van der Waals surface area contributed by atoms with Crippen LogP contribution >= 0.6 is 11.6 Å². The highest BCUT2D eigenvalue weighted by atomic mass is 35.5. The van der Waals surface area contributed by atoms with Gasteiger partial charge < -0.3 is 15.0 Å². The highest BCUT2D eigenvalue weighted by Crippen LogP contribution is 2.37. The minimum atomic E-state index is -0.716. The second-order valence-corrected chi connectivity index (χ2v) is 7.12. The first kappa shape index (κ1) is 18.3. The second-order valence-electron chi connectivity index (χ2n) is 6.68. The zero-order valence-electron chi connectivity index (χ0n) is 15.3. The molecule has 0 radical (unpaired) electrons. The third-order valence-electron chi connectivity index (χ3n) is 4.76. The Bertz CT molecular complexity index is 1070. The highest BCUT2D eigenvalue weighted by Gasteiger charge is 2.37. The molecular formula is C22H19ClN2O3. The summed E-state index contributed by atoms with van der Waals surface area (Å²) in [6.07, 6.45) is 0. The van der Waals surface area contributed by atoms with E-state index in [4.69, 9.17) is 16.3 Å². The van der Waals surface area contributed by atoms with Crippen LogP contribution in [0.25, 0.3) is 10.8 Å². The van der Waals surface area contributed by atoms with Gasteiger partial charge in [-0.25, -0.2) is 0 Å². The van der Waals surface area contributed by atoms with Gasteiger partial charge in [0.25, 0.3) is 5.91 Å². The number of rotatable bonds is 5. The van der Waals surface area contributed by atoms with Crippen molar-refractivity contribution in [2.75, 3.05) is 18.1 Å². The van der Waals surface area contributed by atoms with E-state index in [1.54, 1.807) is 23.1 Å². The SMILES string of the molecule is CC(=O)N[C@H]1C(=O)N(CCOc2ccc3ccccc3c2)c2ccc(Cl)cc21. The molecule has 0 saturated carbocycles.